The standard InChI is InChI=1S/C17H25OS.CHF3O3S/c1-6-7-16-17(3,4)15(18-5)12-19(16)14-10-8-13(2)9-11-14;2-1(3,4)8(5,6)7/h6,8-11,15-16H,1,7,12H2,2-5H3;(H,5,6,7)/q+1;/p-1. The van der Waals surface area contributed by atoms with Gasteiger partial charge in [0.05, 0.1) is 0 Å². The summed E-state index contributed by atoms with van der Waals surface area (Å²) in [6.45, 7) is 10.8. The Hall–Kier alpha value is -1.03. The van der Waals surface area contributed by atoms with Crippen molar-refractivity contribution >= 4 is 21.0 Å². The number of methoxy groups -OCH3 is 1. The first kappa shape index (κ1) is 24.0. The third-order valence-electron chi connectivity index (χ3n) is 4.61. The summed E-state index contributed by atoms with van der Waals surface area (Å²) in [5.74, 6) is 1.14. The lowest BCUT2D eigenvalue weighted by molar-refractivity contribution is -0.0517. The van der Waals surface area contributed by atoms with Gasteiger partial charge in [0.2, 0.25) is 0 Å². The average Bonchev–Trinajstić information content (AvgIpc) is 2.78. The molecule has 0 aliphatic carbocycles. The van der Waals surface area contributed by atoms with Crippen molar-refractivity contribution in [3.05, 3.63) is 42.5 Å². The Kier molecular flexibility index (Phi) is 7.99. The van der Waals surface area contributed by atoms with Crippen LogP contribution in [-0.2, 0) is 25.7 Å². The molecule has 1 aromatic rings. The maximum Gasteiger partial charge on any atom is 0.485 e. The first-order chi connectivity index (χ1) is 12.3. The molecular weight excluding hydrogens is 401 g/mol. The zero-order valence-corrected chi connectivity index (χ0v) is 17.4. The second-order valence-corrected chi connectivity index (χ2v) is 10.5. The third-order valence-corrected chi connectivity index (χ3v) is 8.20. The average molecular weight is 427 g/mol. The molecule has 0 radical (unpaired) electrons. The topological polar surface area (TPSA) is 66.4 Å². The molecule has 1 aliphatic heterocycles. The van der Waals surface area contributed by atoms with Gasteiger partial charge in [-0.15, -0.1) is 6.58 Å². The van der Waals surface area contributed by atoms with Crippen LogP contribution < -0.4 is 0 Å². The molecule has 1 aliphatic rings. The Balaban J connectivity index is 0.000000387. The lowest BCUT2D eigenvalue weighted by Gasteiger charge is -2.27. The minimum absolute atomic E-state index is 0.219. The van der Waals surface area contributed by atoms with E-state index >= 15 is 0 Å². The van der Waals surface area contributed by atoms with Gasteiger partial charge in [-0.1, -0.05) is 37.6 Å². The van der Waals surface area contributed by atoms with E-state index in [-0.39, 0.29) is 16.3 Å². The molecule has 1 aromatic carbocycles. The van der Waals surface area contributed by atoms with E-state index < -0.39 is 15.6 Å². The molecule has 3 atom stereocenters. The molecule has 9 heteroatoms. The molecule has 154 valence electrons. The van der Waals surface area contributed by atoms with Gasteiger partial charge in [-0.05, 0) is 19.1 Å². The summed E-state index contributed by atoms with van der Waals surface area (Å²) in [5.41, 5.74) is -4.10. The summed E-state index contributed by atoms with van der Waals surface area (Å²) in [7, 11) is -3.98. The minimum atomic E-state index is -6.09. The normalized spacial score (nSPS) is 24.8. The van der Waals surface area contributed by atoms with Crippen LogP contribution >= 0.6 is 0 Å². The van der Waals surface area contributed by atoms with Crippen LogP contribution in [0, 0.1) is 12.3 Å². The molecule has 1 saturated heterocycles. The number of rotatable bonds is 4. The first-order valence-corrected chi connectivity index (χ1v) is 11.0. The second kappa shape index (κ2) is 8.98. The van der Waals surface area contributed by atoms with E-state index in [1.54, 1.807) is 0 Å². The van der Waals surface area contributed by atoms with Crippen molar-refractivity contribution in [1.82, 2.24) is 0 Å². The predicted octanol–water partition coefficient (Wildman–Crippen LogP) is 4.02. The Morgan fingerprint density at radius 1 is 1.33 bits per heavy atom. The lowest BCUT2D eigenvalue weighted by Crippen LogP contribution is -2.35. The van der Waals surface area contributed by atoms with E-state index in [0.29, 0.717) is 11.4 Å². The lowest BCUT2D eigenvalue weighted by atomic mass is 9.82. The number of aryl methyl sites for hydroxylation is 1. The second-order valence-electron chi connectivity index (χ2n) is 6.87. The van der Waals surface area contributed by atoms with Crippen LogP contribution in [0.1, 0.15) is 25.8 Å². The maximum absolute atomic E-state index is 10.7. The molecule has 3 unspecified atom stereocenters. The summed E-state index contributed by atoms with van der Waals surface area (Å²) in [6.07, 6.45) is 3.49. The first-order valence-electron chi connectivity index (χ1n) is 8.18. The van der Waals surface area contributed by atoms with Gasteiger partial charge in [-0.2, -0.15) is 13.2 Å². The molecule has 1 heterocycles. The van der Waals surface area contributed by atoms with Crippen molar-refractivity contribution in [2.45, 2.75) is 48.9 Å². The summed E-state index contributed by atoms with van der Waals surface area (Å²) in [4.78, 5) is 1.48. The number of ether oxygens (including phenoxy) is 1. The molecular formula is C18H25F3O4S2. The summed E-state index contributed by atoms with van der Waals surface area (Å²) in [5, 5.41) is 0.637. The fraction of sp³-hybridized carbons (Fsp3) is 0.556. The highest BCUT2D eigenvalue weighted by Crippen LogP contribution is 2.45. The maximum atomic E-state index is 10.7. The van der Waals surface area contributed by atoms with Gasteiger partial charge in [0, 0.05) is 29.8 Å². The Morgan fingerprint density at radius 2 is 1.81 bits per heavy atom. The van der Waals surface area contributed by atoms with Crippen LogP contribution in [0.3, 0.4) is 0 Å². The van der Waals surface area contributed by atoms with Crippen LogP contribution in [0.5, 0.6) is 0 Å². The quantitative estimate of drug-likeness (QED) is 0.316. The number of hydrogen-bond donors (Lipinski definition) is 0. The molecule has 0 amide bonds. The van der Waals surface area contributed by atoms with Crippen molar-refractivity contribution in [1.29, 1.82) is 0 Å². The SMILES string of the molecule is C=CCC1[S+](c2ccc(C)cc2)CC(OC)C1(C)C.O=S(=O)([O-])C(F)(F)F. The van der Waals surface area contributed by atoms with Gasteiger partial charge in [0.25, 0.3) is 0 Å². The summed E-state index contributed by atoms with van der Waals surface area (Å²) in [6, 6.07) is 9.03. The van der Waals surface area contributed by atoms with Gasteiger partial charge in [-0.25, -0.2) is 8.42 Å². The third kappa shape index (κ3) is 5.97. The van der Waals surface area contributed by atoms with E-state index in [1.165, 1.54) is 10.5 Å². The van der Waals surface area contributed by atoms with Crippen LogP contribution in [-0.4, -0.2) is 42.7 Å². The van der Waals surface area contributed by atoms with E-state index in [0.717, 1.165) is 12.2 Å². The van der Waals surface area contributed by atoms with Crippen molar-refractivity contribution in [3.63, 3.8) is 0 Å². The minimum Gasteiger partial charge on any atom is -0.741 e. The molecule has 27 heavy (non-hydrogen) atoms. The van der Waals surface area contributed by atoms with Gasteiger partial charge < -0.3 is 9.29 Å². The zero-order chi connectivity index (χ0) is 21.0. The van der Waals surface area contributed by atoms with E-state index in [4.69, 9.17) is 17.7 Å². The van der Waals surface area contributed by atoms with Gasteiger partial charge in [0.15, 0.2) is 15.0 Å². The van der Waals surface area contributed by atoms with Crippen molar-refractivity contribution < 1.29 is 30.9 Å². The highest BCUT2D eigenvalue weighted by molar-refractivity contribution is 7.97. The van der Waals surface area contributed by atoms with E-state index in [9.17, 15) is 13.2 Å². The Labute approximate surface area is 161 Å². The summed E-state index contributed by atoms with van der Waals surface area (Å²) >= 11 is 0. The molecule has 0 spiro atoms. The van der Waals surface area contributed by atoms with E-state index in [1.807, 2.05) is 7.11 Å². The molecule has 0 saturated carbocycles. The molecule has 0 bridgehead atoms. The van der Waals surface area contributed by atoms with Crippen LogP contribution in [0.15, 0.2) is 41.8 Å². The van der Waals surface area contributed by atoms with Gasteiger partial charge >= 0.3 is 5.51 Å². The fourth-order valence-electron chi connectivity index (χ4n) is 2.98. The number of benzene rings is 1. The van der Waals surface area contributed by atoms with Gasteiger partial charge in [-0.3, -0.25) is 0 Å². The largest absolute Gasteiger partial charge is 0.741 e. The van der Waals surface area contributed by atoms with Crippen molar-refractivity contribution in [2.75, 3.05) is 12.9 Å². The van der Waals surface area contributed by atoms with Crippen molar-refractivity contribution in [2.24, 2.45) is 5.41 Å². The monoisotopic (exact) mass is 426 g/mol. The molecule has 1 fully saturated rings. The predicted molar refractivity (Wildman–Crippen MR) is 101 cm³/mol. The van der Waals surface area contributed by atoms with Crippen LogP contribution in [0.4, 0.5) is 13.2 Å². The number of alkyl halides is 3. The highest BCUT2D eigenvalue weighted by Gasteiger charge is 2.56. The molecule has 0 N–H and O–H groups in total. The number of allylic oxidation sites excluding steroid dienone is 1. The Bertz CT molecular complexity index is 728. The zero-order valence-electron chi connectivity index (χ0n) is 15.7. The number of halogens is 3. The van der Waals surface area contributed by atoms with Crippen LogP contribution in [0.25, 0.3) is 0 Å². The fourth-order valence-corrected chi connectivity index (χ4v) is 6.37. The molecule has 4 nitrogen and oxygen atoms in total. The number of hydrogen-bond acceptors (Lipinski definition) is 4. The Morgan fingerprint density at radius 3 is 2.19 bits per heavy atom. The van der Waals surface area contributed by atoms with Gasteiger partial charge in [0.1, 0.15) is 17.1 Å². The molecule has 0 aromatic heterocycles. The molecule has 2 rings (SSSR count). The smallest absolute Gasteiger partial charge is 0.485 e. The summed E-state index contributed by atoms with van der Waals surface area (Å²) < 4.78 is 64.7. The van der Waals surface area contributed by atoms with Crippen molar-refractivity contribution in [3.8, 4) is 0 Å². The van der Waals surface area contributed by atoms with E-state index in [2.05, 4.69) is 57.7 Å². The van der Waals surface area contributed by atoms with Crippen LogP contribution in [0.2, 0.25) is 0 Å². The highest BCUT2D eigenvalue weighted by atomic mass is 32.2.